The highest BCUT2D eigenvalue weighted by Crippen LogP contribution is 2.18. The average molecular weight is 282 g/mol. The van der Waals surface area contributed by atoms with E-state index in [0.29, 0.717) is 16.2 Å². The number of carbonyl (C=O) groups excluding carboxylic acids is 1. The van der Waals surface area contributed by atoms with Crippen LogP contribution < -0.4 is 10.6 Å². The fraction of sp³-hybridized carbons (Fsp3) is 0. The van der Waals surface area contributed by atoms with Crippen LogP contribution in [0, 0.1) is 0 Å². The van der Waals surface area contributed by atoms with E-state index >= 15 is 0 Å². The third kappa shape index (κ3) is 2.83. The van der Waals surface area contributed by atoms with E-state index < -0.39 is 0 Å². The van der Waals surface area contributed by atoms with Crippen LogP contribution >= 0.6 is 15.9 Å². The standard InChI is InChI=1S/C10H8BrN3O2/c11-8-3-4-9(16-8)14-10(15)13-7-2-1-5-12-6-7/h1-6H,(H2,13,14,15). The smallest absolute Gasteiger partial charge is 0.326 e. The van der Waals surface area contributed by atoms with Crippen LogP contribution in [0.3, 0.4) is 0 Å². The van der Waals surface area contributed by atoms with Crippen molar-refractivity contribution in [2.45, 2.75) is 0 Å². The summed E-state index contributed by atoms with van der Waals surface area (Å²) in [5, 5.41) is 5.15. The highest BCUT2D eigenvalue weighted by atomic mass is 79.9. The second-order valence-electron chi connectivity index (χ2n) is 2.92. The minimum absolute atomic E-state index is 0.369. The third-order valence-electron chi connectivity index (χ3n) is 1.73. The van der Waals surface area contributed by atoms with Crippen molar-refractivity contribution in [2.24, 2.45) is 0 Å². The van der Waals surface area contributed by atoms with Gasteiger partial charge in [-0.3, -0.25) is 10.3 Å². The SMILES string of the molecule is O=C(Nc1cccnc1)Nc1ccc(Br)o1. The maximum absolute atomic E-state index is 11.5. The summed E-state index contributed by atoms with van der Waals surface area (Å²) in [5.74, 6) is 0.369. The van der Waals surface area contributed by atoms with Gasteiger partial charge in [0.05, 0.1) is 11.9 Å². The van der Waals surface area contributed by atoms with Gasteiger partial charge in [0.25, 0.3) is 0 Å². The van der Waals surface area contributed by atoms with Gasteiger partial charge in [-0.1, -0.05) is 0 Å². The van der Waals surface area contributed by atoms with Crippen LogP contribution in [0.15, 0.2) is 45.7 Å². The minimum atomic E-state index is -0.380. The number of amides is 2. The number of halogens is 1. The molecular formula is C10H8BrN3O2. The summed E-state index contributed by atoms with van der Waals surface area (Å²) in [6, 6.07) is 6.44. The molecule has 2 aromatic heterocycles. The first kappa shape index (κ1) is 10.7. The average Bonchev–Trinajstić information content (AvgIpc) is 2.65. The molecule has 0 radical (unpaired) electrons. The first-order valence-electron chi connectivity index (χ1n) is 4.47. The van der Waals surface area contributed by atoms with Gasteiger partial charge in [0.1, 0.15) is 0 Å². The lowest BCUT2D eigenvalue weighted by molar-refractivity contribution is 0.261. The molecule has 0 aromatic carbocycles. The van der Waals surface area contributed by atoms with Crippen molar-refractivity contribution in [3.63, 3.8) is 0 Å². The molecule has 2 N–H and O–H groups in total. The lowest BCUT2D eigenvalue weighted by Gasteiger charge is -2.04. The highest BCUT2D eigenvalue weighted by Gasteiger charge is 2.05. The van der Waals surface area contributed by atoms with E-state index in [0.717, 1.165) is 0 Å². The molecule has 0 atom stereocenters. The number of pyridine rings is 1. The van der Waals surface area contributed by atoms with Gasteiger partial charge < -0.3 is 9.73 Å². The van der Waals surface area contributed by atoms with Crippen molar-refractivity contribution in [3.05, 3.63) is 41.3 Å². The van der Waals surface area contributed by atoms with Gasteiger partial charge in [0.15, 0.2) is 4.67 Å². The number of urea groups is 1. The fourth-order valence-electron chi connectivity index (χ4n) is 1.09. The van der Waals surface area contributed by atoms with Crippen LogP contribution in [0.2, 0.25) is 0 Å². The molecule has 0 bridgehead atoms. The van der Waals surface area contributed by atoms with Gasteiger partial charge >= 0.3 is 6.03 Å². The third-order valence-corrected chi connectivity index (χ3v) is 2.16. The predicted octanol–water partition coefficient (Wildman–Crippen LogP) is 3.08. The van der Waals surface area contributed by atoms with Gasteiger partial charge in [0, 0.05) is 12.3 Å². The maximum atomic E-state index is 11.5. The Morgan fingerprint density at radius 2 is 2.19 bits per heavy atom. The zero-order chi connectivity index (χ0) is 11.4. The first-order chi connectivity index (χ1) is 7.74. The number of carbonyl (C=O) groups is 1. The molecule has 2 heterocycles. The molecule has 0 aliphatic rings. The summed E-state index contributed by atoms with van der Waals surface area (Å²) in [5.41, 5.74) is 0.616. The van der Waals surface area contributed by atoms with Gasteiger partial charge in [0.2, 0.25) is 5.88 Å². The van der Waals surface area contributed by atoms with Crippen molar-refractivity contribution >= 4 is 33.5 Å². The second-order valence-corrected chi connectivity index (χ2v) is 3.71. The van der Waals surface area contributed by atoms with Crippen molar-refractivity contribution in [1.29, 1.82) is 0 Å². The second kappa shape index (κ2) is 4.80. The summed E-state index contributed by atoms with van der Waals surface area (Å²) < 4.78 is 5.68. The van der Waals surface area contributed by atoms with Gasteiger partial charge in [-0.25, -0.2) is 4.79 Å². The molecule has 0 spiro atoms. The van der Waals surface area contributed by atoms with E-state index in [4.69, 9.17) is 4.42 Å². The molecule has 16 heavy (non-hydrogen) atoms. The number of anilines is 2. The molecule has 5 nitrogen and oxygen atoms in total. The summed E-state index contributed by atoms with van der Waals surface area (Å²) in [6.07, 6.45) is 3.18. The molecule has 0 unspecified atom stereocenters. The molecule has 0 aliphatic heterocycles. The summed E-state index contributed by atoms with van der Waals surface area (Å²) in [6.45, 7) is 0. The van der Waals surface area contributed by atoms with E-state index in [1.165, 1.54) is 0 Å². The Labute approximate surface area is 100.0 Å². The number of hydrogen-bond donors (Lipinski definition) is 2. The van der Waals surface area contributed by atoms with E-state index in [-0.39, 0.29) is 6.03 Å². The van der Waals surface area contributed by atoms with Gasteiger partial charge in [-0.15, -0.1) is 0 Å². The number of hydrogen-bond acceptors (Lipinski definition) is 3. The summed E-state index contributed by atoms with van der Waals surface area (Å²) in [7, 11) is 0. The van der Waals surface area contributed by atoms with Crippen LogP contribution in [0.5, 0.6) is 0 Å². The van der Waals surface area contributed by atoms with E-state index in [1.807, 2.05) is 0 Å². The Kier molecular flexibility index (Phi) is 3.21. The van der Waals surface area contributed by atoms with Crippen LogP contribution in [0.4, 0.5) is 16.4 Å². The normalized spacial score (nSPS) is 9.81. The monoisotopic (exact) mass is 281 g/mol. The topological polar surface area (TPSA) is 67.2 Å². The van der Waals surface area contributed by atoms with Gasteiger partial charge in [-0.05, 0) is 34.1 Å². The largest absolute Gasteiger partial charge is 0.434 e. The summed E-state index contributed by atoms with van der Waals surface area (Å²) >= 11 is 3.14. The quantitative estimate of drug-likeness (QED) is 0.889. The Morgan fingerprint density at radius 3 is 2.81 bits per heavy atom. The van der Waals surface area contributed by atoms with Crippen LogP contribution in [0.25, 0.3) is 0 Å². The minimum Gasteiger partial charge on any atom is -0.434 e. The van der Waals surface area contributed by atoms with Crippen LogP contribution in [0.1, 0.15) is 0 Å². The van der Waals surface area contributed by atoms with Crippen molar-refractivity contribution in [3.8, 4) is 0 Å². The molecule has 0 saturated heterocycles. The fourth-order valence-corrected chi connectivity index (χ4v) is 1.40. The van der Waals surface area contributed by atoms with Crippen molar-refractivity contribution < 1.29 is 9.21 Å². The van der Waals surface area contributed by atoms with Crippen molar-refractivity contribution in [2.75, 3.05) is 10.6 Å². The Balaban J connectivity index is 1.95. The van der Waals surface area contributed by atoms with Crippen molar-refractivity contribution in [1.82, 2.24) is 4.98 Å². The van der Waals surface area contributed by atoms with Gasteiger partial charge in [-0.2, -0.15) is 0 Å². The Morgan fingerprint density at radius 1 is 1.31 bits per heavy atom. The predicted molar refractivity (Wildman–Crippen MR) is 63.3 cm³/mol. The van der Waals surface area contributed by atoms with E-state index in [1.54, 1.807) is 36.7 Å². The van der Waals surface area contributed by atoms with Crippen LogP contribution in [-0.2, 0) is 0 Å². The number of furan rings is 1. The molecule has 0 aliphatic carbocycles. The van der Waals surface area contributed by atoms with E-state index in [2.05, 4.69) is 31.5 Å². The molecule has 82 valence electrons. The molecule has 0 saturated carbocycles. The number of rotatable bonds is 2. The lowest BCUT2D eigenvalue weighted by atomic mass is 10.4. The molecule has 2 amide bonds. The lowest BCUT2D eigenvalue weighted by Crippen LogP contribution is -2.18. The molecule has 2 rings (SSSR count). The van der Waals surface area contributed by atoms with Crippen LogP contribution in [-0.4, -0.2) is 11.0 Å². The zero-order valence-corrected chi connectivity index (χ0v) is 9.69. The highest BCUT2D eigenvalue weighted by molar-refractivity contribution is 9.10. The summed E-state index contributed by atoms with van der Waals surface area (Å²) in [4.78, 5) is 15.3. The molecule has 6 heteroatoms. The number of nitrogens with zero attached hydrogens (tertiary/aromatic N) is 1. The number of aromatic nitrogens is 1. The van der Waals surface area contributed by atoms with E-state index in [9.17, 15) is 4.79 Å². The maximum Gasteiger partial charge on any atom is 0.326 e. The molecule has 2 aromatic rings. The molecular weight excluding hydrogens is 274 g/mol. The Hall–Kier alpha value is -1.82. The Bertz CT molecular complexity index is 484. The molecule has 0 fully saturated rings. The number of nitrogens with one attached hydrogen (secondary N) is 2. The zero-order valence-electron chi connectivity index (χ0n) is 8.11. The first-order valence-corrected chi connectivity index (χ1v) is 5.27.